The van der Waals surface area contributed by atoms with Gasteiger partial charge in [-0.15, -0.1) is 11.3 Å². The van der Waals surface area contributed by atoms with Crippen LogP contribution in [-0.4, -0.2) is 11.8 Å². The maximum atomic E-state index is 12.7. The molecule has 132 valence electrons. The van der Waals surface area contributed by atoms with E-state index in [0.29, 0.717) is 21.2 Å². The Bertz CT molecular complexity index is 908. The van der Waals surface area contributed by atoms with E-state index in [-0.39, 0.29) is 17.9 Å². The molecule has 1 heterocycles. The van der Waals surface area contributed by atoms with Crippen molar-refractivity contribution in [3.8, 4) is 0 Å². The van der Waals surface area contributed by atoms with Gasteiger partial charge < -0.3 is 10.6 Å². The number of para-hydroxylation sites is 1. The zero-order valence-corrected chi connectivity index (χ0v) is 15.6. The monoisotopic (exact) mass is 384 g/mol. The third-order valence-electron chi connectivity index (χ3n) is 3.88. The van der Waals surface area contributed by atoms with E-state index in [9.17, 15) is 9.59 Å². The van der Waals surface area contributed by atoms with E-state index >= 15 is 0 Å². The van der Waals surface area contributed by atoms with E-state index < -0.39 is 0 Å². The zero-order chi connectivity index (χ0) is 18.5. The number of carbonyl (C=O) groups is 2. The molecular formula is C20H17ClN2O2S. The minimum Gasteiger partial charge on any atom is -0.345 e. The lowest BCUT2D eigenvalue weighted by Crippen LogP contribution is -2.27. The van der Waals surface area contributed by atoms with Crippen molar-refractivity contribution in [1.82, 2.24) is 5.32 Å². The molecule has 0 saturated heterocycles. The van der Waals surface area contributed by atoms with Crippen molar-refractivity contribution in [2.24, 2.45) is 0 Å². The second kappa shape index (κ2) is 8.17. The number of halogens is 1. The van der Waals surface area contributed by atoms with Crippen molar-refractivity contribution in [3.05, 3.63) is 87.1 Å². The summed E-state index contributed by atoms with van der Waals surface area (Å²) in [5.74, 6) is -0.486. The minimum atomic E-state index is -0.255. The van der Waals surface area contributed by atoms with Gasteiger partial charge in [-0.25, -0.2) is 0 Å². The second-order valence-corrected chi connectivity index (χ2v) is 7.11. The first-order chi connectivity index (χ1) is 12.5. The summed E-state index contributed by atoms with van der Waals surface area (Å²) >= 11 is 7.25. The highest BCUT2D eigenvalue weighted by Crippen LogP contribution is 2.20. The van der Waals surface area contributed by atoms with Crippen molar-refractivity contribution < 1.29 is 9.59 Å². The molecule has 0 spiro atoms. The highest BCUT2D eigenvalue weighted by atomic mass is 35.5. The van der Waals surface area contributed by atoms with Gasteiger partial charge in [0.1, 0.15) is 0 Å². The molecule has 0 aliphatic heterocycles. The van der Waals surface area contributed by atoms with Crippen LogP contribution in [0.4, 0.5) is 5.69 Å². The van der Waals surface area contributed by atoms with Crippen LogP contribution in [0.15, 0.2) is 66.0 Å². The molecule has 6 heteroatoms. The summed E-state index contributed by atoms with van der Waals surface area (Å²) < 4.78 is 0. The van der Waals surface area contributed by atoms with E-state index in [4.69, 9.17) is 11.6 Å². The lowest BCUT2D eigenvalue weighted by Gasteiger charge is -2.16. The van der Waals surface area contributed by atoms with Gasteiger partial charge in [-0.3, -0.25) is 9.59 Å². The van der Waals surface area contributed by atoms with Crippen molar-refractivity contribution in [2.75, 3.05) is 5.32 Å². The summed E-state index contributed by atoms with van der Waals surface area (Å²) in [6.07, 6.45) is 0. The molecule has 2 aromatic carbocycles. The zero-order valence-electron chi connectivity index (χ0n) is 14.0. The van der Waals surface area contributed by atoms with Crippen LogP contribution in [0.5, 0.6) is 0 Å². The summed E-state index contributed by atoms with van der Waals surface area (Å²) in [6.45, 7) is 1.90. The number of benzene rings is 2. The van der Waals surface area contributed by atoms with Crippen molar-refractivity contribution >= 4 is 40.4 Å². The standard InChI is InChI=1S/C20H17ClN2O2S/c1-13(14-8-10-15(21)11-9-14)22-19(24)16-5-2-3-6-17(16)23-20(25)18-7-4-12-26-18/h2-13H,1H3,(H,22,24)(H,23,25). The average Bonchev–Trinajstić information content (AvgIpc) is 3.17. The number of anilines is 1. The quantitative estimate of drug-likeness (QED) is 0.639. The molecule has 0 aliphatic carbocycles. The summed E-state index contributed by atoms with van der Waals surface area (Å²) in [5.41, 5.74) is 1.84. The van der Waals surface area contributed by atoms with Crippen LogP contribution in [0.25, 0.3) is 0 Å². The summed E-state index contributed by atoms with van der Waals surface area (Å²) in [6, 6.07) is 17.6. The molecule has 0 aliphatic rings. The molecule has 0 saturated carbocycles. The van der Waals surface area contributed by atoms with Gasteiger partial charge in [0.15, 0.2) is 0 Å². The van der Waals surface area contributed by atoms with Crippen molar-refractivity contribution in [2.45, 2.75) is 13.0 Å². The maximum Gasteiger partial charge on any atom is 0.265 e. The van der Waals surface area contributed by atoms with Crippen LogP contribution < -0.4 is 10.6 Å². The van der Waals surface area contributed by atoms with Gasteiger partial charge in [0, 0.05) is 5.02 Å². The van der Waals surface area contributed by atoms with Crippen LogP contribution in [0, 0.1) is 0 Å². The average molecular weight is 385 g/mol. The number of hydrogen-bond donors (Lipinski definition) is 2. The van der Waals surface area contributed by atoms with Crippen LogP contribution in [-0.2, 0) is 0 Å². The highest BCUT2D eigenvalue weighted by Gasteiger charge is 2.16. The fourth-order valence-electron chi connectivity index (χ4n) is 2.49. The molecule has 2 amide bonds. The van der Waals surface area contributed by atoms with Gasteiger partial charge in [0.2, 0.25) is 0 Å². The van der Waals surface area contributed by atoms with Crippen LogP contribution >= 0.6 is 22.9 Å². The van der Waals surface area contributed by atoms with Crippen molar-refractivity contribution in [3.63, 3.8) is 0 Å². The van der Waals surface area contributed by atoms with Gasteiger partial charge in [-0.05, 0) is 48.2 Å². The molecular weight excluding hydrogens is 368 g/mol. The van der Waals surface area contributed by atoms with Gasteiger partial charge in [-0.1, -0.05) is 41.9 Å². The summed E-state index contributed by atoms with van der Waals surface area (Å²) in [7, 11) is 0. The predicted octanol–water partition coefficient (Wildman–Crippen LogP) is 5.14. The first kappa shape index (κ1) is 18.2. The SMILES string of the molecule is CC(NC(=O)c1ccccc1NC(=O)c1cccs1)c1ccc(Cl)cc1. The topological polar surface area (TPSA) is 58.2 Å². The number of carbonyl (C=O) groups excluding carboxylic acids is 2. The molecule has 1 aromatic heterocycles. The summed E-state index contributed by atoms with van der Waals surface area (Å²) in [5, 5.41) is 8.24. The number of amides is 2. The third-order valence-corrected chi connectivity index (χ3v) is 5.00. The maximum absolute atomic E-state index is 12.7. The molecule has 26 heavy (non-hydrogen) atoms. The Morgan fingerprint density at radius 1 is 0.962 bits per heavy atom. The number of nitrogens with one attached hydrogen (secondary N) is 2. The lowest BCUT2D eigenvalue weighted by atomic mass is 10.1. The van der Waals surface area contributed by atoms with Gasteiger partial charge >= 0.3 is 0 Å². The van der Waals surface area contributed by atoms with Gasteiger partial charge in [0.05, 0.1) is 22.2 Å². The first-order valence-corrected chi connectivity index (χ1v) is 9.30. The van der Waals surface area contributed by atoms with Crippen LogP contribution in [0.1, 0.15) is 38.6 Å². The number of thiophene rings is 1. The van der Waals surface area contributed by atoms with E-state index in [1.807, 2.05) is 30.5 Å². The van der Waals surface area contributed by atoms with Crippen LogP contribution in [0.3, 0.4) is 0 Å². The Morgan fingerprint density at radius 3 is 2.38 bits per heavy atom. The molecule has 0 bridgehead atoms. The van der Waals surface area contributed by atoms with Crippen LogP contribution in [0.2, 0.25) is 5.02 Å². The Kier molecular flexibility index (Phi) is 5.71. The highest BCUT2D eigenvalue weighted by molar-refractivity contribution is 7.12. The summed E-state index contributed by atoms with van der Waals surface area (Å²) in [4.78, 5) is 25.6. The minimum absolute atomic E-state index is 0.194. The number of hydrogen-bond acceptors (Lipinski definition) is 3. The molecule has 3 aromatic rings. The largest absolute Gasteiger partial charge is 0.345 e. The third kappa shape index (κ3) is 4.31. The fourth-order valence-corrected chi connectivity index (χ4v) is 3.24. The van der Waals surface area contributed by atoms with Gasteiger partial charge in [-0.2, -0.15) is 0 Å². The predicted molar refractivity (Wildman–Crippen MR) is 106 cm³/mol. The fraction of sp³-hybridized carbons (Fsp3) is 0.100. The molecule has 0 radical (unpaired) electrons. The Balaban J connectivity index is 1.75. The molecule has 3 rings (SSSR count). The molecule has 1 unspecified atom stereocenters. The normalized spacial score (nSPS) is 11.6. The van der Waals surface area contributed by atoms with E-state index in [0.717, 1.165) is 5.56 Å². The Hall–Kier alpha value is -2.63. The van der Waals surface area contributed by atoms with E-state index in [1.54, 1.807) is 42.5 Å². The first-order valence-electron chi connectivity index (χ1n) is 8.05. The molecule has 2 N–H and O–H groups in total. The molecule has 4 nitrogen and oxygen atoms in total. The Morgan fingerprint density at radius 2 is 1.69 bits per heavy atom. The smallest absolute Gasteiger partial charge is 0.265 e. The number of rotatable bonds is 5. The van der Waals surface area contributed by atoms with E-state index in [1.165, 1.54) is 11.3 Å². The molecule has 0 fully saturated rings. The lowest BCUT2D eigenvalue weighted by molar-refractivity contribution is 0.0941. The van der Waals surface area contributed by atoms with Gasteiger partial charge in [0.25, 0.3) is 11.8 Å². The Labute approximate surface area is 160 Å². The van der Waals surface area contributed by atoms with E-state index in [2.05, 4.69) is 10.6 Å². The molecule has 1 atom stereocenters. The second-order valence-electron chi connectivity index (χ2n) is 5.72. The van der Waals surface area contributed by atoms with Crippen molar-refractivity contribution in [1.29, 1.82) is 0 Å².